The van der Waals surface area contributed by atoms with Crippen LogP contribution in [0.15, 0.2) is 73.2 Å². The fourth-order valence-electron chi connectivity index (χ4n) is 2.69. The largest absolute Gasteiger partial charge is 1.00 e. The van der Waals surface area contributed by atoms with Gasteiger partial charge in [-0.2, -0.15) is 10.2 Å². The molecule has 3 rings (SSSR count). The minimum Gasteiger partial charge on any atom is -0.744 e. The summed E-state index contributed by atoms with van der Waals surface area (Å²) in [5.74, 6) is 0. The molecule has 18 heteroatoms. The maximum absolute atomic E-state index is 12.6. The molecule has 0 spiro atoms. The number of nitro benzene ring substituents is 2. The number of nitro groups is 2. The molecule has 180 valence electrons. The quantitative estimate of drug-likeness (QED) is 0.0891. The van der Waals surface area contributed by atoms with Crippen molar-refractivity contribution in [3.05, 3.63) is 99.9 Å². The third-order valence-electron chi connectivity index (χ3n) is 4.34. The van der Waals surface area contributed by atoms with Gasteiger partial charge in [-0.1, -0.05) is 0 Å². The Hall–Kier alpha value is -4.03. The Balaban J connectivity index is 0.00000456. The van der Waals surface area contributed by atoms with Gasteiger partial charge in [-0.05, 0) is 30.3 Å². The van der Waals surface area contributed by atoms with Crippen LogP contribution in [-0.2, 0) is 10.1 Å². The van der Waals surface area contributed by atoms with Crippen LogP contribution in [0.25, 0.3) is 0 Å². The standard InChI is InChI=1S/C18H13N7O9S.Na/c19-11-7-9(1-5-14(11)25(30)31)20-23-17-15(26)6-4-13(18(17)27)22-21-12-3-2-10(24(28)29)8-16(12)35(32,33)34;/h1-8,20-21H,19H2,(H,32,33,34);/q;+1/p-1/b22-13+,23-17-;. The second-order valence-corrected chi connectivity index (χ2v) is 7.98. The number of nitrogen functional groups attached to an aromatic ring is 1. The van der Waals surface area contributed by atoms with Crippen molar-refractivity contribution in [1.82, 2.24) is 0 Å². The first-order valence-corrected chi connectivity index (χ1v) is 10.5. The van der Waals surface area contributed by atoms with E-state index >= 15 is 0 Å². The van der Waals surface area contributed by atoms with Gasteiger partial charge in [0.25, 0.3) is 11.4 Å². The van der Waals surface area contributed by atoms with E-state index in [1.165, 1.54) is 6.07 Å². The van der Waals surface area contributed by atoms with Gasteiger partial charge in [0.15, 0.2) is 5.36 Å². The minimum absolute atomic E-state index is 0. The Morgan fingerprint density at radius 1 is 0.889 bits per heavy atom. The minimum atomic E-state index is -5.16. The monoisotopic (exact) mass is 525 g/mol. The molecular formula is C18H12N7NaO9S. The molecule has 4 N–H and O–H groups in total. The van der Waals surface area contributed by atoms with Gasteiger partial charge in [-0.3, -0.25) is 40.7 Å². The second-order valence-electron chi connectivity index (χ2n) is 6.63. The molecule has 0 aliphatic heterocycles. The molecule has 0 atom stereocenters. The van der Waals surface area contributed by atoms with Crippen molar-refractivity contribution < 1.29 is 52.4 Å². The Morgan fingerprint density at radius 3 is 2.17 bits per heavy atom. The fraction of sp³-hybridized carbons (Fsp3) is 0. The van der Waals surface area contributed by atoms with E-state index in [9.17, 15) is 42.8 Å². The summed E-state index contributed by atoms with van der Waals surface area (Å²) in [6, 6.07) is 7.76. The summed E-state index contributed by atoms with van der Waals surface area (Å²) >= 11 is 0. The SMILES string of the molecule is Nc1cc(N/N=c2/c(=O)cc/c(=N\Nc3ccc([N+](=O)[O-])cc3S(=O)(=O)[O-])c2=O)ccc1[N+](=O)[O-].[Na+]. The number of benzene rings is 3. The molecule has 0 amide bonds. The Kier molecular flexibility index (Phi) is 8.73. The van der Waals surface area contributed by atoms with Crippen molar-refractivity contribution in [3.8, 4) is 0 Å². The van der Waals surface area contributed by atoms with Crippen LogP contribution < -0.4 is 67.7 Å². The van der Waals surface area contributed by atoms with Crippen LogP contribution in [0.1, 0.15) is 0 Å². The predicted molar refractivity (Wildman–Crippen MR) is 118 cm³/mol. The van der Waals surface area contributed by atoms with E-state index in [0.29, 0.717) is 6.07 Å². The summed E-state index contributed by atoms with van der Waals surface area (Å²) in [7, 11) is -5.16. The van der Waals surface area contributed by atoms with Crippen LogP contribution in [0.5, 0.6) is 0 Å². The average Bonchev–Trinajstić information content (AvgIpc) is 2.77. The van der Waals surface area contributed by atoms with Crippen LogP contribution in [0, 0.1) is 20.2 Å². The molecule has 0 aromatic heterocycles. The maximum Gasteiger partial charge on any atom is 1.00 e. The van der Waals surface area contributed by atoms with E-state index < -0.39 is 57.8 Å². The van der Waals surface area contributed by atoms with Gasteiger partial charge in [0.1, 0.15) is 21.2 Å². The van der Waals surface area contributed by atoms with Gasteiger partial charge in [0.05, 0.1) is 26.1 Å². The van der Waals surface area contributed by atoms with Gasteiger partial charge in [0, 0.05) is 18.2 Å². The Bertz CT molecular complexity index is 1700. The molecule has 3 aromatic rings. The molecular weight excluding hydrogens is 513 g/mol. The number of rotatable bonds is 7. The number of nitrogens with one attached hydrogen (secondary N) is 2. The van der Waals surface area contributed by atoms with Crippen molar-refractivity contribution in [3.63, 3.8) is 0 Å². The van der Waals surface area contributed by atoms with Gasteiger partial charge in [-0.25, -0.2) is 8.42 Å². The van der Waals surface area contributed by atoms with Crippen molar-refractivity contribution in [2.45, 2.75) is 4.90 Å². The first-order chi connectivity index (χ1) is 16.4. The number of nitrogens with two attached hydrogens (primary N) is 1. The number of non-ortho nitro benzene ring substituents is 1. The Labute approximate surface area is 221 Å². The molecule has 0 aliphatic rings. The summed E-state index contributed by atoms with van der Waals surface area (Å²) in [5, 5.41) is 28.0. The van der Waals surface area contributed by atoms with Crippen LogP contribution in [-0.4, -0.2) is 22.8 Å². The number of anilines is 3. The zero-order valence-electron chi connectivity index (χ0n) is 18.1. The van der Waals surface area contributed by atoms with Crippen molar-refractivity contribution in [2.24, 2.45) is 10.2 Å². The number of nitrogens with zero attached hydrogens (tertiary/aromatic N) is 4. The molecule has 16 nitrogen and oxygen atoms in total. The zero-order chi connectivity index (χ0) is 25.9. The van der Waals surface area contributed by atoms with E-state index in [1.54, 1.807) is 0 Å². The van der Waals surface area contributed by atoms with Crippen LogP contribution in [0.3, 0.4) is 0 Å². The van der Waals surface area contributed by atoms with E-state index in [-0.39, 0.29) is 46.6 Å². The molecule has 0 radical (unpaired) electrons. The summed E-state index contributed by atoms with van der Waals surface area (Å²) in [6.07, 6.45) is 0. The third kappa shape index (κ3) is 6.34. The van der Waals surface area contributed by atoms with E-state index in [0.717, 1.165) is 36.4 Å². The van der Waals surface area contributed by atoms with E-state index in [4.69, 9.17) is 5.73 Å². The molecule has 0 fully saturated rings. The molecule has 3 aromatic carbocycles. The number of hydrogen-bond acceptors (Lipinski definition) is 14. The number of hydrogen-bond donors (Lipinski definition) is 3. The van der Waals surface area contributed by atoms with Gasteiger partial charge in [-0.15, -0.1) is 0 Å². The molecule has 0 saturated heterocycles. The van der Waals surface area contributed by atoms with E-state index in [2.05, 4.69) is 21.1 Å². The molecule has 0 bridgehead atoms. The van der Waals surface area contributed by atoms with Gasteiger partial charge >= 0.3 is 29.6 Å². The normalized spacial score (nSPS) is 12.0. The fourth-order valence-corrected chi connectivity index (χ4v) is 3.34. The van der Waals surface area contributed by atoms with Gasteiger partial charge < -0.3 is 10.3 Å². The topological polar surface area (TPSA) is 252 Å². The van der Waals surface area contributed by atoms with Crippen molar-refractivity contribution in [2.75, 3.05) is 16.6 Å². The summed E-state index contributed by atoms with van der Waals surface area (Å²) in [4.78, 5) is 43.8. The summed E-state index contributed by atoms with van der Waals surface area (Å²) < 4.78 is 34.4. The maximum atomic E-state index is 12.6. The Morgan fingerprint density at radius 2 is 1.58 bits per heavy atom. The van der Waals surface area contributed by atoms with Crippen LogP contribution >= 0.6 is 0 Å². The van der Waals surface area contributed by atoms with Crippen LogP contribution in [0.2, 0.25) is 0 Å². The second kappa shape index (κ2) is 11.1. The third-order valence-corrected chi connectivity index (χ3v) is 5.21. The average molecular weight is 525 g/mol. The summed E-state index contributed by atoms with van der Waals surface area (Å²) in [5.41, 5.74) is 6.76. The van der Waals surface area contributed by atoms with Crippen molar-refractivity contribution in [1.29, 1.82) is 0 Å². The van der Waals surface area contributed by atoms with Crippen LogP contribution in [0.4, 0.5) is 28.4 Å². The first kappa shape index (κ1) is 28.2. The zero-order valence-corrected chi connectivity index (χ0v) is 20.9. The first-order valence-electron chi connectivity index (χ1n) is 9.11. The molecule has 0 aliphatic carbocycles. The molecule has 0 unspecified atom stereocenters. The molecule has 0 heterocycles. The predicted octanol–water partition coefficient (Wildman–Crippen LogP) is -3.56. The van der Waals surface area contributed by atoms with Gasteiger partial charge in [0.2, 0.25) is 10.9 Å². The molecule has 36 heavy (non-hydrogen) atoms. The smallest absolute Gasteiger partial charge is 0.744 e. The summed E-state index contributed by atoms with van der Waals surface area (Å²) in [6.45, 7) is 0. The van der Waals surface area contributed by atoms with Crippen molar-refractivity contribution >= 4 is 38.6 Å². The molecule has 0 saturated carbocycles. The van der Waals surface area contributed by atoms with E-state index in [1.807, 2.05) is 0 Å².